The summed E-state index contributed by atoms with van der Waals surface area (Å²) in [7, 11) is -1.92. The van der Waals surface area contributed by atoms with Crippen LogP contribution >= 0.6 is 25.1 Å². The molecule has 0 aromatic heterocycles. The third kappa shape index (κ3) is 6.38. The van der Waals surface area contributed by atoms with Gasteiger partial charge in [-0.25, -0.2) is 0 Å². The van der Waals surface area contributed by atoms with E-state index in [1.54, 1.807) is 0 Å². The summed E-state index contributed by atoms with van der Waals surface area (Å²) in [6, 6.07) is 0. The Morgan fingerprint density at radius 2 is 1.79 bits per heavy atom. The van der Waals surface area contributed by atoms with E-state index < -0.39 is 9.16 Å². The number of hydrogen-bond donors (Lipinski definition) is 5. The summed E-state index contributed by atoms with van der Waals surface area (Å²) < 4.78 is 0.849. The van der Waals surface area contributed by atoms with Crippen LogP contribution in [0.5, 0.6) is 0 Å². The zero-order chi connectivity index (χ0) is 15.3. The highest BCUT2D eigenvalue weighted by Crippen LogP contribution is 2.61. The summed E-state index contributed by atoms with van der Waals surface area (Å²) in [6.07, 6.45) is 10.3. The fourth-order valence-corrected chi connectivity index (χ4v) is 3.41. The van der Waals surface area contributed by atoms with Gasteiger partial charge in [-0.05, 0) is 54.8 Å². The van der Waals surface area contributed by atoms with E-state index >= 15 is 0 Å². The molecule has 0 unspecified atom stereocenters. The summed E-state index contributed by atoms with van der Waals surface area (Å²) in [4.78, 5) is 0. The Hall–Kier alpha value is -0.620. The third-order valence-corrected chi connectivity index (χ3v) is 5.73. The smallest absolute Gasteiger partial charge is 0.0845 e. The van der Waals surface area contributed by atoms with E-state index in [1.807, 2.05) is 13.8 Å². The first-order chi connectivity index (χ1) is 8.49. The molecule has 0 aromatic carbocycles. The highest BCUT2D eigenvalue weighted by molar-refractivity contribution is 9.11. The van der Waals surface area contributed by atoms with Crippen LogP contribution in [0.1, 0.15) is 13.8 Å². The molecule has 19 heavy (non-hydrogen) atoms. The van der Waals surface area contributed by atoms with Gasteiger partial charge in [0.25, 0.3) is 0 Å². The molecule has 0 fully saturated rings. The van der Waals surface area contributed by atoms with Gasteiger partial charge >= 0.3 is 0 Å². The van der Waals surface area contributed by atoms with Gasteiger partial charge in [-0.2, -0.15) is 0 Å². The minimum atomic E-state index is -1.92. The number of rotatable bonds is 7. The minimum Gasteiger partial charge on any atom is -0.395 e. The zero-order valence-electron chi connectivity index (χ0n) is 12.9. The molecule has 0 aliphatic heterocycles. The molecule has 0 saturated heterocycles. The standard InChI is InChI=1S/C13H29BrN4S/c1-7-17-12(14)11(8-15)9-18-10(2)13(16)19(3,4,5)6/h8,15,17-19H,7,9,16H2,1-6H3/b12-11+,13-10+,15-8?. The molecular weight excluding hydrogens is 324 g/mol. The van der Waals surface area contributed by atoms with Gasteiger partial charge in [-0.15, -0.1) is 0 Å². The van der Waals surface area contributed by atoms with E-state index in [9.17, 15) is 0 Å². The number of hydrogen-bond acceptors (Lipinski definition) is 4. The van der Waals surface area contributed by atoms with Crippen molar-refractivity contribution in [3.63, 3.8) is 0 Å². The average Bonchev–Trinajstić information content (AvgIpc) is 2.26. The molecule has 4 nitrogen and oxygen atoms in total. The van der Waals surface area contributed by atoms with E-state index in [4.69, 9.17) is 11.1 Å². The largest absolute Gasteiger partial charge is 0.395 e. The van der Waals surface area contributed by atoms with Crippen molar-refractivity contribution in [2.45, 2.75) is 13.8 Å². The molecule has 5 N–H and O–H groups in total. The molecule has 114 valence electrons. The van der Waals surface area contributed by atoms with Crippen LogP contribution in [0.2, 0.25) is 0 Å². The zero-order valence-corrected chi connectivity index (χ0v) is 15.4. The molecule has 0 aromatic rings. The predicted octanol–water partition coefficient (Wildman–Crippen LogP) is 2.18. The van der Waals surface area contributed by atoms with Crippen LogP contribution in [0.25, 0.3) is 0 Å². The number of nitrogens with one attached hydrogen (secondary N) is 3. The molecule has 0 bridgehead atoms. The highest BCUT2D eigenvalue weighted by Gasteiger charge is 2.23. The maximum Gasteiger partial charge on any atom is 0.0845 e. The molecule has 6 heteroatoms. The predicted molar refractivity (Wildman–Crippen MR) is 96.0 cm³/mol. The van der Waals surface area contributed by atoms with Crippen molar-refractivity contribution in [2.24, 2.45) is 5.73 Å². The normalized spacial score (nSPS) is 16.7. The number of halogens is 1. The Bertz CT molecular complexity index is 395. The lowest BCUT2D eigenvalue weighted by Crippen LogP contribution is -2.27. The van der Waals surface area contributed by atoms with Crippen LogP contribution < -0.4 is 16.4 Å². The molecule has 0 aliphatic rings. The molecule has 0 aliphatic carbocycles. The Morgan fingerprint density at radius 1 is 1.26 bits per heavy atom. The van der Waals surface area contributed by atoms with Gasteiger partial charge in [0.1, 0.15) is 0 Å². The fraction of sp³-hybridized carbons (Fsp3) is 0.615. The number of allylic oxidation sites excluding steroid dienone is 1. The minimum absolute atomic E-state index is 0.579. The third-order valence-electron chi connectivity index (χ3n) is 2.68. The lowest BCUT2D eigenvalue weighted by Gasteiger charge is -2.48. The summed E-state index contributed by atoms with van der Waals surface area (Å²) in [6.45, 7) is 5.42. The molecule has 0 atom stereocenters. The molecule has 0 saturated carbocycles. The van der Waals surface area contributed by atoms with Crippen LogP contribution in [0, 0.1) is 5.41 Å². The summed E-state index contributed by atoms with van der Waals surface area (Å²) >= 11 is 3.44. The lowest BCUT2D eigenvalue weighted by atomic mass is 10.3. The molecule has 0 radical (unpaired) electrons. The summed E-state index contributed by atoms with van der Waals surface area (Å²) in [5.74, 6) is 0. The van der Waals surface area contributed by atoms with E-state index in [2.05, 4.69) is 51.6 Å². The molecule has 0 spiro atoms. The first-order valence-corrected chi connectivity index (χ1v) is 11.2. The Labute approximate surface area is 126 Å². The Kier molecular flexibility index (Phi) is 6.48. The van der Waals surface area contributed by atoms with E-state index in [0.717, 1.165) is 27.5 Å². The molecule has 0 heterocycles. The van der Waals surface area contributed by atoms with Gasteiger partial charge in [0.05, 0.1) is 9.64 Å². The van der Waals surface area contributed by atoms with Crippen molar-refractivity contribution in [3.8, 4) is 0 Å². The fourth-order valence-electron chi connectivity index (χ4n) is 1.45. The van der Waals surface area contributed by atoms with Crippen molar-refractivity contribution in [3.05, 3.63) is 20.9 Å². The van der Waals surface area contributed by atoms with Crippen molar-refractivity contribution in [1.29, 1.82) is 5.41 Å². The van der Waals surface area contributed by atoms with Crippen molar-refractivity contribution >= 4 is 31.3 Å². The van der Waals surface area contributed by atoms with Crippen LogP contribution in [0.15, 0.2) is 20.9 Å². The van der Waals surface area contributed by atoms with Crippen LogP contribution in [0.3, 0.4) is 0 Å². The first kappa shape index (κ1) is 18.4. The number of thiol groups is 1. The first-order valence-electron chi connectivity index (χ1n) is 6.34. The maximum atomic E-state index is 7.45. The van der Waals surface area contributed by atoms with Crippen molar-refractivity contribution in [2.75, 3.05) is 38.1 Å². The topological polar surface area (TPSA) is 73.9 Å². The van der Waals surface area contributed by atoms with Crippen LogP contribution in [-0.2, 0) is 0 Å². The van der Waals surface area contributed by atoms with Gasteiger partial charge in [0.2, 0.25) is 0 Å². The van der Waals surface area contributed by atoms with E-state index in [-0.39, 0.29) is 0 Å². The average molecular weight is 353 g/mol. The maximum absolute atomic E-state index is 7.45. The van der Waals surface area contributed by atoms with E-state index in [0.29, 0.717) is 6.54 Å². The Balaban J connectivity index is 4.96. The van der Waals surface area contributed by atoms with Crippen LogP contribution in [0.4, 0.5) is 0 Å². The van der Waals surface area contributed by atoms with Crippen molar-refractivity contribution in [1.82, 2.24) is 10.6 Å². The summed E-state index contributed by atoms with van der Waals surface area (Å²) in [5.41, 5.74) is 8.14. The van der Waals surface area contributed by atoms with E-state index in [1.165, 1.54) is 6.21 Å². The van der Waals surface area contributed by atoms with Gasteiger partial charge in [0.15, 0.2) is 0 Å². The second-order valence-electron chi connectivity index (χ2n) is 6.46. The Morgan fingerprint density at radius 3 is 2.16 bits per heavy atom. The van der Waals surface area contributed by atoms with Crippen LogP contribution in [-0.4, -0.2) is 44.3 Å². The molecular formula is C13H29BrN4S. The van der Waals surface area contributed by atoms with Gasteiger partial charge < -0.3 is 21.8 Å². The second kappa shape index (κ2) is 6.70. The monoisotopic (exact) mass is 352 g/mol. The summed E-state index contributed by atoms with van der Waals surface area (Å²) in [5, 5.41) is 14.9. The second-order valence-corrected chi connectivity index (χ2v) is 14.9. The SMILES string of the molecule is CCN/C(Br)=C(\C=N)CN/C(C)=C(\N)[SH](C)(C)(C)C. The molecule has 0 amide bonds. The van der Waals surface area contributed by atoms with Gasteiger partial charge in [-0.1, -0.05) is 0 Å². The van der Waals surface area contributed by atoms with Gasteiger partial charge in [0, 0.05) is 30.6 Å². The number of nitrogens with two attached hydrogens (primary N) is 1. The quantitative estimate of drug-likeness (QED) is 0.277. The highest BCUT2D eigenvalue weighted by atomic mass is 79.9. The van der Waals surface area contributed by atoms with Crippen molar-refractivity contribution < 1.29 is 0 Å². The molecule has 0 rings (SSSR count). The lowest BCUT2D eigenvalue weighted by molar-refractivity contribution is 0.850. The van der Waals surface area contributed by atoms with Gasteiger partial charge in [-0.3, -0.25) is 9.16 Å².